The number of nitrogens with zero attached hydrogens (tertiary/aromatic N) is 2. The Hall–Kier alpha value is -0.910. The van der Waals surface area contributed by atoms with Gasteiger partial charge in [0, 0.05) is 25.0 Å². The maximum absolute atomic E-state index is 5.69. The largest absolute Gasteiger partial charge is 0.377 e. The predicted molar refractivity (Wildman–Crippen MR) is 74.1 cm³/mol. The van der Waals surface area contributed by atoms with Crippen molar-refractivity contribution in [1.29, 1.82) is 0 Å². The molecule has 1 fully saturated rings. The van der Waals surface area contributed by atoms with E-state index in [9.17, 15) is 0 Å². The zero-order chi connectivity index (χ0) is 13.5. The molecule has 1 aromatic heterocycles. The van der Waals surface area contributed by atoms with Crippen LogP contribution in [0.2, 0.25) is 0 Å². The molecule has 5 nitrogen and oxygen atoms in total. The molecule has 1 aliphatic rings. The lowest BCUT2D eigenvalue weighted by molar-refractivity contribution is -0.0429. The van der Waals surface area contributed by atoms with Gasteiger partial charge in [0.1, 0.15) is 5.82 Å². The molecule has 0 aliphatic carbocycles. The molecule has 0 radical (unpaired) electrons. The number of aromatic amines is 1. The van der Waals surface area contributed by atoms with Crippen molar-refractivity contribution in [3.8, 4) is 0 Å². The van der Waals surface area contributed by atoms with Crippen molar-refractivity contribution in [2.75, 3.05) is 33.4 Å². The summed E-state index contributed by atoms with van der Waals surface area (Å²) in [6, 6.07) is 0. The second kappa shape index (κ2) is 7.62. The minimum atomic E-state index is 0.312. The molecule has 1 aromatic rings. The van der Waals surface area contributed by atoms with Crippen LogP contribution in [0.25, 0.3) is 0 Å². The average Bonchev–Trinajstić information content (AvgIpc) is 2.81. The summed E-state index contributed by atoms with van der Waals surface area (Å²) in [5.41, 5.74) is 1.11. The van der Waals surface area contributed by atoms with Gasteiger partial charge in [-0.05, 0) is 33.2 Å². The van der Waals surface area contributed by atoms with Crippen LogP contribution in [0.15, 0.2) is 6.20 Å². The number of hydrogen-bond acceptors (Lipinski definition) is 4. The summed E-state index contributed by atoms with van der Waals surface area (Å²) in [5.74, 6) is 1.01. The Balaban J connectivity index is 1.54. The van der Waals surface area contributed by atoms with Crippen molar-refractivity contribution >= 4 is 0 Å². The first-order valence-electron chi connectivity index (χ1n) is 7.12. The number of likely N-dealkylation sites (N-methyl/N-ethyl adjacent to an activating group) is 1. The number of hydrogen-bond donors (Lipinski definition) is 1. The van der Waals surface area contributed by atoms with E-state index in [0.29, 0.717) is 6.10 Å². The zero-order valence-electron chi connectivity index (χ0n) is 12.0. The smallest absolute Gasteiger partial charge is 0.120 e. The van der Waals surface area contributed by atoms with Gasteiger partial charge in [0.05, 0.1) is 25.9 Å². The molecule has 0 saturated carbocycles. The van der Waals surface area contributed by atoms with Gasteiger partial charge in [0.25, 0.3) is 0 Å². The molecule has 2 rings (SSSR count). The molecular formula is C14H25N3O2. The standard InChI is InChI=1S/C14H25N3O2/c1-12-9-15-14(16-12)10-17(2)6-8-18-11-13-5-3-4-7-19-13/h9,13H,3-8,10-11H2,1-2H3,(H,15,16)/t13-/m0/s1. The summed E-state index contributed by atoms with van der Waals surface area (Å²) in [6.07, 6.45) is 5.78. The number of rotatable bonds is 7. The summed E-state index contributed by atoms with van der Waals surface area (Å²) >= 11 is 0. The minimum Gasteiger partial charge on any atom is -0.377 e. The molecule has 0 amide bonds. The van der Waals surface area contributed by atoms with Crippen LogP contribution in [-0.2, 0) is 16.0 Å². The Bertz CT molecular complexity index is 361. The van der Waals surface area contributed by atoms with Gasteiger partial charge in [-0.2, -0.15) is 0 Å². The van der Waals surface area contributed by atoms with Crippen molar-refractivity contribution in [1.82, 2.24) is 14.9 Å². The number of nitrogens with one attached hydrogen (secondary N) is 1. The zero-order valence-corrected chi connectivity index (χ0v) is 12.0. The highest BCUT2D eigenvalue weighted by atomic mass is 16.5. The van der Waals surface area contributed by atoms with Crippen molar-refractivity contribution < 1.29 is 9.47 Å². The topological polar surface area (TPSA) is 50.4 Å². The number of aryl methyl sites for hydroxylation is 1. The molecule has 1 saturated heterocycles. The van der Waals surface area contributed by atoms with E-state index in [1.807, 2.05) is 13.1 Å². The SMILES string of the molecule is Cc1cnc(CN(C)CCOC[C@@H]2CCCCO2)[nH]1. The normalized spacial score (nSPS) is 20.1. The van der Waals surface area contributed by atoms with Crippen LogP contribution in [-0.4, -0.2) is 54.4 Å². The summed E-state index contributed by atoms with van der Waals surface area (Å²) in [6.45, 7) is 6.13. The van der Waals surface area contributed by atoms with Crippen LogP contribution in [0.1, 0.15) is 30.8 Å². The maximum atomic E-state index is 5.69. The van der Waals surface area contributed by atoms with Gasteiger partial charge in [0.2, 0.25) is 0 Å². The van der Waals surface area contributed by atoms with E-state index in [0.717, 1.165) is 50.8 Å². The first kappa shape index (κ1) is 14.5. The third kappa shape index (κ3) is 5.30. The van der Waals surface area contributed by atoms with E-state index in [2.05, 4.69) is 21.9 Å². The first-order chi connectivity index (χ1) is 9.24. The van der Waals surface area contributed by atoms with Crippen LogP contribution in [0, 0.1) is 6.92 Å². The lowest BCUT2D eigenvalue weighted by Gasteiger charge is -2.23. The van der Waals surface area contributed by atoms with E-state index in [-0.39, 0.29) is 0 Å². The molecule has 108 valence electrons. The molecule has 5 heteroatoms. The van der Waals surface area contributed by atoms with Crippen molar-refractivity contribution in [3.05, 3.63) is 17.7 Å². The van der Waals surface area contributed by atoms with Gasteiger partial charge < -0.3 is 14.5 Å². The number of aromatic nitrogens is 2. The number of imidazole rings is 1. The van der Waals surface area contributed by atoms with E-state index >= 15 is 0 Å². The highest BCUT2D eigenvalue weighted by molar-refractivity contribution is 4.97. The molecule has 0 bridgehead atoms. The minimum absolute atomic E-state index is 0.312. The van der Waals surface area contributed by atoms with Gasteiger partial charge in [0.15, 0.2) is 0 Å². The van der Waals surface area contributed by atoms with Crippen LogP contribution in [0.3, 0.4) is 0 Å². The third-order valence-electron chi connectivity index (χ3n) is 3.37. The maximum Gasteiger partial charge on any atom is 0.120 e. The van der Waals surface area contributed by atoms with Crippen LogP contribution in [0.4, 0.5) is 0 Å². The van der Waals surface area contributed by atoms with Crippen molar-refractivity contribution in [2.45, 2.75) is 38.8 Å². The van der Waals surface area contributed by atoms with Crippen LogP contribution in [0.5, 0.6) is 0 Å². The molecule has 1 atom stereocenters. The molecule has 0 spiro atoms. The van der Waals surface area contributed by atoms with Gasteiger partial charge in [-0.1, -0.05) is 0 Å². The van der Waals surface area contributed by atoms with Crippen molar-refractivity contribution in [3.63, 3.8) is 0 Å². The molecule has 19 heavy (non-hydrogen) atoms. The second-order valence-electron chi connectivity index (χ2n) is 5.31. The van der Waals surface area contributed by atoms with E-state index in [1.54, 1.807) is 0 Å². The fraction of sp³-hybridized carbons (Fsp3) is 0.786. The molecule has 2 heterocycles. The molecule has 1 aliphatic heterocycles. The number of ether oxygens (including phenoxy) is 2. The Morgan fingerprint density at radius 3 is 3.11 bits per heavy atom. The van der Waals surface area contributed by atoms with Crippen LogP contribution >= 0.6 is 0 Å². The quantitative estimate of drug-likeness (QED) is 0.765. The van der Waals surface area contributed by atoms with Gasteiger partial charge >= 0.3 is 0 Å². The van der Waals surface area contributed by atoms with Gasteiger partial charge in [-0.25, -0.2) is 4.98 Å². The van der Waals surface area contributed by atoms with E-state index < -0.39 is 0 Å². The number of H-pyrrole nitrogens is 1. The highest BCUT2D eigenvalue weighted by Crippen LogP contribution is 2.12. The summed E-state index contributed by atoms with van der Waals surface area (Å²) < 4.78 is 11.3. The molecule has 0 unspecified atom stereocenters. The van der Waals surface area contributed by atoms with Gasteiger partial charge in [-0.15, -0.1) is 0 Å². The second-order valence-corrected chi connectivity index (χ2v) is 5.31. The lowest BCUT2D eigenvalue weighted by atomic mass is 10.1. The molecule has 1 N–H and O–H groups in total. The predicted octanol–water partition coefficient (Wildman–Crippen LogP) is 1.74. The summed E-state index contributed by atoms with van der Waals surface area (Å²) in [7, 11) is 2.08. The fourth-order valence-electron chi connectivity index (χ4n) is 2.26. The van der Waals surface area contributed by atoms with E-state index in [4.69, 9.17) is 9.47 Å². The monoisotopic (exact) mass is 267 g/mol. The lowest BCUT2D eigenvalue weighted by Crippen LogP contribution is -2.28. The fourth-order valence-corrected chi connectivity index (χ4v) is 2.26. The molecular weight excluding hydrogens is 242 g/mol. The highest BCUT2D eigenvalue weighted by Gasteiger charge is 2.13. The van der Waals surface area contributed by atoms with Crippen LogP contribution < -0.4 is 0 Å². The Labute approximate surface area is 115 Å². The summed E-state index contributed by atoms with van der Waals surface area (Å²) in [4.78, 5) is 9.74. The Morgan fingerprint density at radius 2 is 2.42 bits per heavy atom. The molecule has 0 aromatic carbocycles. The van der Waals surface area contributed by atoms with Crippen molar-refractivity contribution in [2.24, 2.45) is 0 Å². The Kier molecular flexibility index (Phi) is 5.82. The van der Waals surface area contributed by atoms with Gasteiger partial charge in [-0.3, -0.25) is 4.90 Å². The summed E-state index contributed by atoms with van der Waals surface area (Å²) in [5, 5.41) is 0. The first-order valence-corrected chi connectivity index (χ1v) is 7.12. The van der Waals surface area contributed by atoms with E-state index in [1.165, 1.54) is 12.8 Å². The Morgan fingerprint density at radius 1 is 1.53 bits per heavy atom. The average molecular weight is 267 g/mol. The third-order valence-corrected chi connectivity index (χ3v) is 3.37.